The van der Waals surface area contributed by atoms with Crippen molar-refractivity contribution < 1.29 is 33.4 Å². The lowest BCUT2D eigenvalue weighted by molar-refractivity contribution is -0.147. The van der Waals surface area contributed by atoms with Gasteiger partial charge in [-0.2, -0.15) is 5.26 Å². The number of carbonyl (C=O) groups excluding carboxylic acids is 4. The molecule has 2 aliphatic rings. The fourth-order valence-corrected chi connectivity index (χ4v) is 7.06. The number of amides is 4. The monoisotopic (exact) mass is 758 g/mol. The Morgan fingerprint density at radius 2 is 1.75 bits per heavy atom. The van der Waals surface area contributed by atoms with Gasteiger partial charge in [-0.3, -0.25) is 23.9 Å². The maximum Gasteiger partial charge on any atom is 0.255 e. The topological polar surface area (TPSA) is 183 Å². The lowest BCUT2D eigenvalue weighted by Crippen LogP contribution is -2.57. The highest BCUT2D eigenvalue weighted by Crippen LogP contribution is 2.26. The summed E-state index contributed by atoms with van der Waals surface area (Å²) in [6.45, 7) is 4.64. The van der Waals surface area contributed by atoms with Crippen molar-refractivity contribution in [2.45, 2.75) is 109 Å². The SMILES string of the molecule is CC(C)C[C@H]1NC(=O)c2ccc(F)cc2OCc2cn(nn2)CCCCCCCCNC(=O)[C@H](Cc2ccc(C#N)cc2)N(C)C(=O)[C@H]2C[C@H](O)CN2C1=O. The normalized spacial score (nSPS) is 22.6. The number of ether oxygens (including phenoxy) is 1. The van der Waals surface area contributed by atoms with Crippen molar-refractivity contribution in [1.29, 1.82) is 5.26 Å². The van der Waals surface area contributed by atoms with Crippen LogP contribution in [0.25, 0.3) is 0 Å². The summed E-state index contributed by atoms with van der Waals surface area (Å²) in [6, 6.07) is 9.22. The van der Waals surface area contributed by atoms with Crippen LogP contribution in [0.2, 0.25) is 0 Å². The second-order valence-corrected chi connectivity index (χ2v) is 14.8. The quantitative estimate of drug-likeness (QED) is 0.359. The Bertz CT molecular complexity index is 1840. The first kappa shape index (κ1) is 40.8. The van der Waals surface area contributed by atoms with Gasteiger partial charge >= 0.3 is 0 Å². The van der Waals surface area contributed by atoms with Gasteiger partial charge in [-0.15, -0.1) is 5.10 Å². The van der Waals surface area contributed by atoms with Crippen molar-refractivity contribution in [3.63, 3.8) is 0 Å². The molecule has 3 N–H and O–H groups in total. The Morgan fingerprint density at radius 3 is 2.47 bits per heavy atom. The summed E-state index contributed by atoms with van der Waals surface area (Å²) in [6.07, 6.45) is 6.56. The number of nitrogens with zero attached hydrogens (tertiary/aromatic N) is 6. The summed E-state index contributed by atoms with van der Waals surface area (Å²) >= 11 is 0. The number of aryl methyl sites for hydroxylation is 1. The first-order valence-electron chi connectivity index (χ1n) is 19.1. The molecule has 0 aliphatic carbocycles. The highest BCUT2D eigenvalue weighted by molar-refractivity contribution is 6.00. The van der Waals surface area contributed by atoms with Crippen LogP contribution >= 0.6 is 0 Å². The summed E-state index contributed by atoms with van der Waals surface area (Å²) in [5, 5.41) is 34.2. The lowest BCUT2D eigenvalue weighted by atomic mass is 10.00. The summed E-state index contributed by atoms with van der Waals surface area (Å²) in [5.41, 5.74) is 1.70. The van der Waals surface area contributed by atoms with Crippen LogP contribution in [0, 0.1) is 23.1 Å². The number of fused-ring (bicyclic) bond motifs is 4. The van der Waals surface area contributed by atoms with Crippen molar-refractivity contribution in [2.24, 2.45) is 5.92 Å². The van der Waals surface area contributed by atoms with Crippen molar-refractivity contribution in [3.05, 3.63) is 76.9 Å². The number of aliphatic hydroxyl groups excluding tert-OH is 1. The smallest absolute Gasteiger partial charge is 0.255 e. The number of aliphatic hydroxyl groups is 1. The van der Waals surface area contributed by atoms with Crippen LogP contribution in [-0.4, -0.2) is 97.9 Å². The largest absolute Gasteiger partial charge is 0.486 e. The molecular formula is C40H51FN8O6. The molecule has 14 nitrogen and oxygen atoms in total. The molecule has 1 fully saturated rings. The van der Waals surface area contributed by atoms with E-state index in [1.54, 1.807) is 35.1 Å². The van der Waals surface area contributed by atoms with Crippen LogP contribution in [0.1, 0.15) is 92.4 Å². The Hall–Kier alpha value is -5.36. The molecule has 0 spiro atoms. The molecule has 4 atom stereocenters. The second kappa shape index (κ2) is 19.3. The van der Waals surface area contributed by atoms with Gasteiger partial charge in [0.25, 0.3) is 5.91 Å². The second-order valence-electron chi connectivity index (χ2n) is 14.8. The minimum absolute atomic E-state index is 0.00209. The molecule has 1 saturated heterocycles. The number of rotatable bonds is 4. The van der Waals surface area contributed by atoms with Crippen molar-refractivity contribution in [1.82, 2.24) is 35.4 Å². The third kappa shape index (κ3) is 11.1. The third-order valence-electron chi connectivity index (χ3n) is 10.1. The van der Waals surface area contributed by atoms with Gasteiger partial charge in [0.1, 0.15) is 42.0 Å². The average molecular weight is 759 g/mol. The highest BCUT2D eigenvalue weighted by atomic mass is 19.1. The molecule has 0 radical (unpaired) electrons. The number of halogens is 1. The fraction of sp³-hybridized carbons (Fsp3) is 0.525. The van der Waals surface area contributed by atoms with E-state index < -0.39 is 47.8 Å². The Morgan fingerprint density at radius 1 is 1.02 bits per heavy atom. The molecule has 3 aromatic rings. The van der Waals surface area contributed by atoms with Crippen LogP contribution in [0.4, 0.5) is 4.39 Å². The minimum Gasteiger partial charge on any atom is -0.486 e. The maximum absolute atomic E-state index is 14.4. The van der Waals surface area contributed by atoms with E-state index in [0.29, 0.717) is 24.3 Å². The van der Waals surface area contributed by atoms with E-state index in [1.165, 1.54) is 22.9 Å². The number of nitriles is 1. The molecule has 3 heterocycles. The van der Waals surface area contributed by atoms with Crippen molar-refractivity contribution in [2.75, 3.05) is 20.1 Å². The molecule has 294 valence electrons. The zero-order valence-corrected chi connectivity index (χ0v) is 31.7. The first-order valence-corrected chi connectivity index (χ1v) is 19.1. The summed E-state index contributed by atoms with van der Waals surface area (Å²) < 4.78 is 22.0. The number of nitrogens with one attached hydrogen (secondary N) is 2. The molecule has 15 heteroatoms. The van der Waals surface area contributed by atoms with E-state index in [0.717, 1.165) is 56.2 Å². The predicted molar refractivity (Wildman–Crippen MR) is 200 cm³/mol. The van der Waals surface area contributed by atoms with Crippen LogP contribution in [0.15, 0.2) is 48.7 Å². The van der Waals surface area contributed by atoms with Crippen LogP contribution in [-0.2, 0) is 34.0 Å². The van der Waals surface area contributed by atoms with Crippen molar-refractivity contribution in [3.8, 4) is 11.8 Å². The first-order chi connectivity index (χ1) is 26.4. The van der Waals surface area contributed by atoms with Gasteiger partial charge in [-0.05, 0) is 55.0 Å². The minimum atomic E-state index is -1.10. The summed E-state index contributed by atoms with van der Waals surface area (Å²) in [4.78, 5) is 58.8. The van der Waals surface area contributed by atoms with Gasteiger partial charge in [0.05, 0.1) is 29.5 Å². The highest BCUT2D eigenvalue weighted by Gasteiger charge is 2.44. The maximum atomic E-state index is 14.4. The van der Waals surface area contributed by atoms with Crippen molar-refractivity contribution >= 4 is 23.6 Å². The van der Waals surface area contributed by atoms with Gasteiger partial charge in [0.15, 0.2) is 0 Å². The molecule has 5 rings (SSSR count). The van der Waals surface area contributed by atoms with Crippen LogP contribution in [0.5, 0.6) is 5.75 Å². The third-order valence-corrected chi connectivity index (χ3v) is 10.1. The number of carbonyl (C=O) groups is 4. The molecule has 55 heavy (non-hydrogen) atoms. The number of benzene rings is 2. The van der Waals surface area contributed by atoms with E-state index >= 15 is 0 Å². The Balaban J connectivity index is 1.43. The van der Waals surface area contributed by atoms with E-state index in [1.807, 2.05) is 13.8 Å². The molecule has 2 aliphatic heterocycles. The molecule has 1 aromatic heterocycles. The van der Waals surface area contributed by atoms with Gasteiger partial charge in [0, 0.05) is 45.6 Å². The van der Waals surface area contributed by atoms with Gasteiger partial charge < -0.3 is 30.3 Å². The summed E-state index contributed by atoms with van der Waals surface area (Å²) in [7, 11) is 1.52. The number of likely N-dealkylation sites (N-methyl/N-ethyl adjacent to an activating group) is 1. The molecule has 0 unspecified atom stereocenters. The van der Waals surface area contributed by atoms with E-state index in [-0.39, 0.29) is 55.6 Å². The molecule has 0 saturated carbocycles. The van der Waals surface area contributed by atoms with E-state index in [9.17, 15) is 33.9 Å². The lowest BCUT2D eigenvalue weighted by Gasteiger charge is -2.34. The van der Waals surface area contributed by atoms with E-state index in [4.69, 9.17) is 4.74 Å². The fourth-order valence-electron chi connectivity index (χ4n) is 7.06. The molecule has 2 aromatic carbocycles. The zero-order chi connectivity index (χ0) is 39.5. The Kier molecular flexibility index (Phi) is 14.3. The number of hydrogen-bond acceptors (Lipinski definition) is 9. The van der Waals surface area contributed by atoms with Crippen LogP contribution in [0.3, 0.4) is 0 Å². The molecule has 4 amide bonds. The molecular weight excluding hydrogens is 707 g/mol. The van der Waals surface area contributed by atoms with Gasteiger partial charge in [0.2, 0.25) is 17.7 Å². The number of hydrogen-bond donors (Lipinski definition) is 3. The number of aromatic nitrogens is 3. The Labute approximate surface area is 321 Å². The summed E-state index contributed by atoms with van der Waals surface area (Å²) in [5.74, 6) is -2.85. The van der Waals surface area contributed by atoms with Crippen LogP contribution < -0.4 is 15.4 Å². The predicted octanol–water partition coefficient (Wildman–Crippen LogP) is 3.51. The van der Waals surface area contributed by atoms with E-state index in [2.05, 4.69) is 27.0 Å². The standard InChI is InChI=1S/C40H51FN8O6/c1-26(2)18-33-39(53)49-24-31(50)21-35(49)40(54)47(3)34(19-27-10-12-28(22-42)13-11-27)38(52)43-16-8-6-4-5-7-9-17-48-23-30(45-46-48)25-55-36-20-29(41)14-15-32(36)37(51)44-33/h10-15,20,23,26,31,33-35,50H,4-9,16-19,21,24-25H2,1-3H3,(H,43,52)(H,44,51)/t31-,33+,34-,35+/m0/s1. The van der Waals surface area contributed by atoms with Gasteiger partial charge in [-0.25, -0.2) is 4.39 Å². The average Bonchev–Trinajstić information content (AvgIpc) is 3.79. The molecule has 2 bridgehead atoms. The zero-order valence-electron chi connectivity index (χ0n) is 31.7. The van der Waals surface area contributed by atoms with Gasteiger partial charge in [-0.1, -0.05) is 56.9 Å².